The summed E-state index contributed by atoms with van der Waals surface area (Å²) in [6.45, 7) is 5.60. The van der Waals surface area contributed by atoms with Crippen LogP contribution in [0.5, 0.6) is 0 Å². The zero-order valence-corrected chi connectivity index (χ0v) is 18.0. The van der Waals surface area contributed by atoms with Crippen LogP contribution in [0.15, 0.2) is 49.1 Å². The Morgan fingerprint density at radius 1 is 1.13 bits per heavy atom. The van der Waals surface area contributed by atoms with Gasteiger partial charge in [0.25, 0.3) is 0 Å². The van der Waals surface area contributed by atoms with Gasteiger partial charge in [0.15, 0.2) is 0 Å². The Morgan fingerprint density at radius 2 is 1.97 bits per heavy atom. The van der Waals surface area contributed by atoms with Crippen LogP contribution in [-0.2, 0) is 23.3 Å². The average Bonchev–Trinajstić information content (AvgIpc) is 3.40. The molecule has 3 aromatic heterocycles. The lowest BCUT2D eigenvalue weighted by Crippen LogP contribution is -2.41. The summed E-state index contributed by atoms with van der Waals surface area (Å²) in [4.78, 5) is 22.0. The van der Waals surface area contributed by atoms with Gasteiger partial charge in [0.2, 0.25) is 5.91 Å². The third kappa shape index (κ3) is 3.31. The number of rotatable bonds is 4. The highest BCUT2D eigenvalue weighted by molar-refractivity contribution is 5.95. The molecule has 0 unspecified atom stereocenters. The minimum atomic E-state index is -0.899. The molecule has 0 spiro atoms. The number of benzene rings is 1. The van der Waals surface area contributed by atoms with Crippen LogP contribution in [0.25, 0.3) is 33.3 Å². The highest BCUT2D eigenvalue weighted by Crippen LogP contribution is 2.32. The molecule has 0 radical (unpaired) electrons. The van der Waals surface area contributed by atoms with Crippen molar-refractivity contribution in [2.24, 2.45) is 5.73 Å². The van der Waals surface area contributed by atoms with E-state index < -0.39 is 11.4 Å². The van der Waals surface area contributed by atoms with E-state index in [4.69, 9.17) is 5.73 Å². The fraction of sp³-hybridized carbons (Fsp3) is 0.292. The van der Waals surface area contributed by atoms with Crippen LogP contribution in [-0.4, -0.2) is 44.1 Å². The molecule has 0 saturated heterocycles. The van der Waals surface area contributed by atoms with Gasteiger partial charge in [0.05, 0.1) is 6.20 Å². The van der Waals surface area contributed by atoms with Gasteiger partial charge in [0, 0.05) is 53.8 Å². The lowest BCUT2D eigenvalue weighted by Gasteiger charge is -2.25. The summed E-state index contributed by atoms with van der Waals surface area (Å²) < 4.78 is 1.61. The predicted octanol–water partition coefficient (Wildman–Crippen LogP) is 3.30. The third-order valence-corrected chi connectivity index (χ3v) is 6.34. The highest BCUT2D eigenvalue weighted by atomic mass is 16.1. The van der Waals surface area contributed by atoms with E-state index in [1.165, 1.54) is 16.7 Å². The minimum Gasteiger partial charge on any atom is -0.368 e. The Labute approximate surface area is 180 Å². The standard InChI is InChI=1S/C24H26N6O/c1-24(2,23(25)31)30-14-19(11-28-30)21-12-27-22-20(21)9-17(10-26-22)16-5-4-15-6-7-29(3)13-18(15)8-16/h4-5,8-12,14H,6-7,13H2,1-3H3,(H2,25,31)(H,26,27). The number of likely N-dealkylation sites (N-methyl/N-ethyl adjacent to an activating group) is 1. The van der Waals surface area contributed by atoms with Gasteiger partial charge in [-0.1, -0.05) is 12.1 Å². The fourth-order valence-corrected chi connectivity index (χ4v) is 4.16. The number of aromatic nitrogens is 4. The van der Waals surface area contributed by atoms with Crippen molar-refractivity contribution in [3.05, 3.63) is 60.2 Å². The van der Waals surface area contributed by atoms with Crippen LogP contribution in [0.1, 0.15) is 25.0 Å². The molecule has 1 amide bonds. The van der Waals surface area contributed by atoms with Crippen LogP contribution in [0.3, 0.4) is 0 Å². The molecule has 1 aliphatic rings. The highest BCUT2D eigenvalue weighted by Gasteiger charge is 2.28. The number of H-pyrrole nitrogens is 1. The lowest BCUT2D eigenvalue weighted by molar-refractivity contribution is -0.125. The average molecular weight is 415 g/mol. The molecule has 7 nitrogen and oxygen atoms in total. The van der Waals surface area contributed by atoms with E-state index in [0.717, 1.165) is 47.2 Å². The zero-order valence-electron chi connectivity index (χ0n) is 18.0. The van der Waals surface area contributed by atoms with Crippen molar-refractivity contribution < 1.29 is 4.79 Å². The topological polar surface area (TPSA) is 92.8 Å². The van der Waals surface area contributed by atoms with Crippen molar-refractivity contribution in [3.8, 4) is 22.3 Å². The zero-order chi connectivity index (χ0) is 21.8. The van der Waals surface area contributed by atoms with E-state index in [1.807, 2.05) is 18.6 Å². The molecule has 1 aliphatic heterocycles. The maximum atomic E-state index is 11.8. The SMILES string of the molecule is CN1CCc2ccc(-c3cnc4[nH]cc(-c5cnn(C(C)(C)C(N)=O)c5)c4c3)cc2C1. The van der Waals surface area contributed by atoms with Gasteiger partial charge in [-0.3, -0.25) is 9.48 Å². The van der Waals surface area contributed by atoms with E-state index in [-0.39, 0.29) is 0 Å². The van der Waals surface area contributed by atoms with Gasteiger partial charge in [-0.25, -0.2) is 4.98 Å². The monoisotopic (exact) mass is 414 g/mol. The van der Waals surface area contributed by atoms with E-state index in [9.17, 15) is 4.79 Å². The Morgan fingerprint density at radius 3 is 2.77 bits per heavy atom. The first-order valence-corrected chi connectivity index (χ1v) is 10.5. The molecule has 0 aliphatic carbocycles. The van der Waals surface area contributed by atoms with Crippen molar-refractivity contribution in [3.63, 3.8) is 0 Å². The number of carbonyl (C=O) groups is 1. The van der Waals surface area contributed by atoms with E-state index >= 15 is 0 Å². The minimum absolute atomic E-state index is 0.428. The second-order valence-electron chi connectivity index (χ2n) is 8.89. The van der Waals surface area contributed by atoms with Gasteiger partial charge in [-0.15, -0.1) is 0 Å². The Bertz CT molecular complexity index is 1300. The van der Waals surface area contributed by atoms with Crippen molar-refractivity contribution >= 4 is 16.9 Å². The third-order valence-electron chi connectivity index (χ3n) is 6.34. The summed E-state index contributed by atoms with van der Waals surface area (Å²) in [5.41, 5.74) is 12.4. The normalized spacial score (nSPS) is 14.7. The first kappa shape index (κ1) is 19.5. The Hall–Kier alpha value is -3.45. The number of hydrogen-bond acceptors (Lipinski definition) is 4. The summed E-state index contributed by atoms with van der Waals surface area (Å²) in [5, 5.41) is 5.40. The van der Waals surface area contributed by atoms with E-state index in [1.54, 1.807) is 24.7 Å². The number of amides is 1. The summed E-state index contributed by atoms with van der Waals surface area (Å²) in [7, 11) is 2.16. The van der Waals surface area contributed by atoms with E-state index in [0.29, 0.717) is 0 Å². The number of hydrogen-bond donors (Lipinski definition) is 2. The summed E-state index contributed by atoms with van der Waals surface area (Å²) in [6, 6.07) is 8.88. The fourth-order valence-electron chi connectivity index (χ4n) is 4.16. The number of nitrogens with one attached hydrogen (secondary N) is 1. The maximum absolute atomic E-state index is 11.8. The Kier molecular flexibility index (Phi) is 4.44. The molecular formula is C24H26N6O. The van der Waals surface area contributed by atoms with Crippen LogP contribution in [0.2, 0.25) is 0 Å². The predicted molar refractivity (Wildman–Crippen MR) is 121 cm³/mol. The number of primary amides is 1. The van der Waals surface area contributed by atoms with Crippen LogP contribution in [0, 0.1) is 0 Å². The summed E-state index contributed by atoms with van der Waals surface area (Å²) >= 11 is 0. The molecular weight excluding hydrogens is 388 g/mol. The maximum Gasteiger partial charge on any atom is 0.244 e. The molecule has 158 valence electrons. The van der Waals surface area contributed by atoms with E-state index in [2.05, 4.69) is 51.3 Å². The van der Waals surface area contributed by atoms with Gasteiger partial charge >= 0.3 is 0 Å². The first-order chi connectivity index (χ1) is 14.8. The second-order valence-corrected chi connectivity index (χ2v) is 8.89. The molecule has 0 fully saturated rings. The van der Waals surface area contributed by atoms with Crippen molar-refractivity contribution in [2.45, 2.75) is 32.4 Å². The van der Waals surface area contributed by atoms with Crippen molar-refractivity contribution in [1.29, 1.82) is 0 Å². The molecule has 4 heterocycles. The van der Waals surface area contributed by atoms with Gasteiger partial charge in [0.1, 0.15) is 11.2 Å². The molecule has 31 heavy (non-hydrogen) atoms. The van der Waals surface area contributed by atoms with Crippen molar-refractivity contribution in [2.75, 3.05) is 13.6 Å². The molecule has 5 rings (SSSR count). The number of aromatic amines is 1. The largest absolute Gasteiger partial charge is 0.368 e. The molecule has 0 bridgehead atoms. The number of nitrogens with zero attached hydrogens (tertiary/aromatic N) is 4. The van der Waals surface area contributed by atoms with Gasteiger partial charge in [-0.2, -0.15) is 5.10 Å². The lowest BCUT2D eigenvalue weighted by atomic mass is 9.95. The molecule has 0 atom stereocenters. The molecule has 4 aromatic rings. The number of pyridine rings is 1. The van der Waals surface area contributed by atoms with Gasteiger partial charge < -0.3 is 15.6 Å². The number of nitrogens with two attached hydrogens (primary N) is 1. The molecule has 3 N–H and O–H groups in total. The van der Waals surface area contributed by atoms with Crippen LogP contribution < -0.4 is 5.73 Å². The summed E-state index contributed by atoms with van der Waals surface area (Å²) in [6.07, 6.45) is 8.55. The summed E-state index contributed by atoms with van der Waals surface area (Å²) in [5.74, 6) is -0.428. The second kappa shape index (κ2) is 7.06. The van der Waals surface area contributed by atoms with Gasteiger partial charge in [-0.05, 0) is 56.1 Å². The molecule has 0 saturated carbocycles. The molecule has 7 heteroatoms. The van der Waals surface area contributed by atoms with Crippen LogP contribution >= 0.6 is 0 Å². The van der Waals surface area contributed by atoms with Crippen LogP contribution in [0.4, 0.5) is 0 Å². The number of carbonyl (C=O) groups excluding carboxylic acids is 1. The smallest absolute Gasteiger partial charge is 0.244 e. The van der Waals surface area contributed by atoms with Crippen molar-refractivity contribution in [1.82, 2.24) is 24.6 Å². The first-order valence-electron chi connectivity index (χ1n) is 10.5. The Balaban J connectivity index is 1.55. The quantitative estimate of drug-likeness (QED) is 0.536. The number of fused-ring (bicyclic) bond motifs is 2. The molecule has 1 aromatic carbocycles.